The second-order valence-electron chi connectivity index (χ2n) is 5.80. The van der Waals surface area contributed by atoms with Gasteiger partial charge < -0.3 is 9.64 Å². The van der Waals surface area contributed by atoms with Crippen LogP contribution in [0.3, 0.4) is 0 Å². The van der Waals surface area contributed by atoms with E-state index in [2.05, 4.69) is 36.4 Å². The molecule has 0 N–H and O–H groups in total. The van der Waals surface area contributed by atoms with E-state index in [1.54, 1.807) is 7.11 Å². The topological polar surface area (TPSA) is 29.5 Å². The first-order chi connectivity index (χ1) is 8.93. The van der Waals surface area contributed by atoms with Crippen LogP contribution < -0.4 is 4.74 Å². The van der Waals surface area contributed by atoms with Crippen molar-refractivity contribution in [2.24, 2.45) is 5.41 Å². The van der Waals surface area contributed by atoms with E-state index in [-0.39, 0.29) is 5.91 Å². The molecule has 2 rings (SSSR count). The van der Waals surface area contributed by atoms with Crippen LogP contribution >= 0.6 is 22.6 Å². The highest BCUT2D eigenvalue weighted by atomic mass is 127. The maximum Gasteiger partial charge on any atom is 0.255 e. The molecule has 0 bridgehead atoms. The van der Waals surface area contributed by atoms with Gasteiger partial charge in [0.15, 0.2) is 0 Å². The highest BCUT2D eigenvalue weighted by Gasteiger charge is 2.29. The molecule has 1 saturated heterocycles. The Labute approximate surface area is 128 Å². The SMILES string of the molecule is COc1ccc(I)c(C(=O)N2CCC(C)(C)CC2)c1. The fourth-order valence-electron chi connectivity index (χ4n) is 2.28. The summed E-state index contributed by atoms with van der Waals surface area (Å²) in [4.78, 5) is 14.5. The lowest BCUT2D eigenvalue weighted by atomic mass is 9.82. The van der Waals surface area contributed by atoms with E-state index < -0.39 is 0 Å². The predicted octanol–water partition coefficient (Wildman–Crippen LogP) is 3.56. The zero-order valence-electron chi connectivity index (χ0n) is 11.7. The van der Waals surface area contributed by atoms with E-state index in [1.165, 1.54) is 0 Å². The van der Waals surface area contributed by atoms with Crippen LogP contribution in [0, 0.1) is 8.99 Å². The number of nitrogens with zero attached hydrogens (tertiary/aromatic N) is 1. The van der Waals surface area contributed by atoms with Crippen LogP contribution in [0.1, 0.15) is 37.0 Å². The van der Waals surface area contributed by atoms with Crippen molar-refractivity contribution in [1.29, 1.82) is 0 Å². The summed E-state index contributed by atoms with van der Waals surface area (Å²) in [6.07, 6.45) is 2.14. The molecule has 1 heterocycles. The molecular weight excluding hydrogens is 353 g/mol. The first-order valence-electron chi connectivity index (χ1n) is 6.56. The molecule has 1 aromatic carbocycles. The van der Waals surface area contributed by atoms with Gasteiger partial charge >= 0.3 is 0 Å². The molecule has 0 aromatic heterocycles. The summed E-state index contributed by atoms with van der Waals surface area (Å²) in [5, 5.41) is 0. The number of ether oxygens (including phenoxy) is 1. The maximum atomic E-state index is 12.6. The van der Waals surface area contributed by atoms with Gasteiger partial charge in [0.2, 0.25) is 0 Å². The number of carbonyl (C=O) groups excluding carboxylic acids is 1. The van der Waals surface area contributed by atoms with Gasteiger partial charge in [0.25, 0.3) is 5.91 Å². The maximum absolute atomic E-state index is 12.6. The van der Waals surface area contributed by atoms with Gasteiger partial charge in [0, 0.05) is 16.7 Å². The van der Waals surface area contributed by atoms with Crippen LogP contribution in [0.2, 0.25) is 0 Å². The number of hydrogen-bond acceptors (Lipinski definition) is 2. The minimum Gasteiger partial charge on any atom is -0.497 e. The summed E-state index contributed by atoms with van der Waals surface area (Å²) < 4.78 is 6.19. The zero-order valence-corrected chi connectivity index (χ0v) is 13.9. The third-order valence-electron chi connectivity index (χ3n) is 3.81. The Kier molecular flexibility index (Phi) is 4.38. The Morgan fingerprint density at radius 2 is 1.95 bits per heavy atom. The largest absolute Gasteiger partial charge is 0.497 e. The standard InChI is InChI=1S/C15H20INO2/c1-15(2)6-8-17(9-7-15)14(18)12-10-11(19-3)4-5-13(12)16/h4-5,10H,6-9H2,1-3H3. The Morgan fingerprint density at radius 1 is 1.32 bits per heavy atom. The minimum atomic E-state index is 0.124. The number of halogens is 1. The van der Waals surface area contributed by atoms with Crippen molar-refractivity contribution in [3.63, 3.8) is 0 Å². The molecular formula is C15H20INO2. The normalized spacial score (nSPS) is 18.2. The fourth-order valence-corrected chi connectivity index (χ4v) is 2.85. The van der Waals surface area contributed by atoms with E-state index >= 15 is 0 Å². The highest BCUT2D eigenvalue weighted by Crippen LogP contribution is 2.31. The highest BCUT2D eigenvalue weighted by molar-refractivity contribution is 14.1. The van der Waals surface area contributed by atoms with Gasteiger partial charge in [0.1, 0.15) is 5.75 Å². The van der Waals surface area contributed by atoms with E-state index in [1.807, 2.05) is 23.1 Å². The third kappa shape index (κ3) is 3.41. The number of hydrogen-bond donors (Lipinski definition) is 0. The second kappa shape index (κ2) is 5.69. The number of carbonyl (C=O) groups is 1. The molecule has 4 heteroatoms. The lowest BCUT2D eigenvalue weighted by molar-refractivity contribution is 0.0629. The van der Waals surface area contributed by atoms with E-state index in [9.17, 15) is 4.79 Å². The van der Waals surface area contributed by atoms with Crippen molar-refractivity contribution in [3.05, 3.63) is 27.3 Å². The Bertz CT molecular complexity index is 475. The van der Waals surface area contributed by atoms with Gasteiger partial charge in [-0.1, -0.05) is 13.8 Å². The lowest BCUT2D eigenvalue weighted by Gasteiger charge is -2.37. The quantitative estimate of drug-likeness (QED) is 0.742. The summed E-state index contributed by atoms with van der Waals surface area (Å²) >= 11 is 2.21. The first kappa shape index (κ1) is 14.6. The lowest BCUT2D eigenvalue weighted by Crippen LogP contribution is -2.41. The van der Waals surface area contributed by atoms with Gasteiger partial charge in [-0.25, -0.2) is 0 Å². The summed E-state index contributed by atoms with van der Waals surface area (Å²) in [5.41, 5.74) is 1.11. The Hall–Kier alpha value is -0.780. The monoisotopic (exact) mass is 373 g/mol. The van der Waals surface area contributed by atoms with Crippen molar-refractivity contribution >= 4 is 28.5 Å². The van der Waals surface area contributed by atoms with Crippen LogP contribution in [0.5, 0.6) is 5.75 Å². The van der Waals surface area contributed by atoms with Crippen LogP contribution in [0.4, 0.5) is 0 Å². The van der Waals surface area contributed by atoms with E-state index in [0.29, 0.717) is 5.41 Å². The molecule has 104 valence electrons. The van der Waals surface area contributed by atoms with Crippen molar-refractivity contribution in [1.82, 2.24) is 4.90 Å². The van der Waals surface area contributed by atoms with Crippen molar-refractivity contribution < 1.29 is 9.53 Å². The Morgan fingerprint density at radius 3 is 2.53 bits per heavy atom. The predicted molar refractivity (Wildman–Crippen MR) is 84.6 cm³/mol. The summed E-state index contributed by atoms with van der Waals surface area (Å²) in [6.45, 7) is 6.23. The molecule has 0 saturated carbocycles. The van der Waals surface area contributed by atoms with Gasteiger partial charge in [-0.2, -0.15) is 0 Å². The number of likely N-dealkylation sites (tertiary alicyclic amines) is 1. The van der Waals surface area contributed by atoms with Gasteiger partial charge in [-0.3, -0.25) is 4.79 Å². The molecule has 19 heavy (non-hydrogen) atoms. The molecule has 0 aliphatic carbocycles. The third-order valence-corrected chi connectivity index (χ3v) is 4.75. The number of amides is 1. The average molecular weight is 373 g/mol. The molecule has 1 aliphatic heterocycles. The van der Waals surface area contributed by atoms with Crippen LogP contribution in [0.15, 0.2) is 18.2 Å². The molecule has 1 aliphatic rings. The summed E-state index contributed by atoms with van der Waals surface area (Å²) in [7, 11) is 1.62. The molecule has 1 fully saturated rings. The van der Waals surface area contributed by atoms with Gasteiger partial charge in [-0.15, -0.1) is 0 Å². The Balaban J connectivity index is 2.16. The summed E-state index contributed by atoms with van der Waals surface area (Å²) in [5.74, 6) is 0.861. The number of benzene rings is 1. The number of methoxy groups -OCH3 is 1. The molecule has 0 radical (unpaired) electrons. The molecule has 3 nitrogen and oxygen atoms in total. The molecule has 0 spiro atoms. The summed E-state index contributed by atoms with van der Waals surface area (Å²) in [6, 6.07) is 5.65. The van der Waals surface area contributed by atoms with Crippen LogP contribution in [0.25, 0.3) is 0 Å². The minimum absolute atomic E-state index is 0.124. The average Bonchev–Trinajstić information content (AvgIpc) is 2.38. The van der Waals surface area contributed by atoms with E-state index in [0.717, 1.165) is 40.8 Å². The molecule has 0 unspecified atom stereocenters. The first-order valence-corrected chi connectivity index (χ1v) is 7.64. The molecule has 0 atom stereocenters. The van der Waals surface area contributed by atoms with Crippen molar-refractivity contribution in [2.75, 3.05) is 20.2 Å². The van der Waals surface area contributed by atoms with Crippen molar-refractivity contribution in [2.45, 2.75) is 26.7 Å². The van der Waals surface area contributed by atoms with Gasteiger partial charge in [-0.05, 0) is 59.0 Å². The molecule has 1 aromatic rings. The smallest absolute Gasteiger partial charge is 0.255 e. The number of rotatable bonds is 2. The van der Waals surface area contributed by atoms with Crippen LogP contribution in [-0.4, -0.2) is 31.0 Å². The zero-order chi connectivity index (χ0) is 14.0. The number of piperidine rings is 1. The molecule has 1 amide bonds. The van der Waals surface area contributed by atoms with E-state index in [4.69, 9.17) is 4.74 Å². The fraction of sp³-hybridized carbons (Fsp3) is 0.533. The second-order valence-corrected chi connectivity index (χ2v) is 6.96. The van der Waals surface area contributed by atoms with Gasteiger partial charge in [0.05, 0.1) is 12.7 Å². The van der Waals surface area contributed by atoms with Crippen molar-refractivity contribution in [3.8, 4) is 5.75 Å². The van der Waals surface area contributed by atoms with Crippen LogP contribution in [-0.2, 0) is 0 Å².